The van der Waals surface area contributed by atoms with E-state index in [2.05, 4.69) is 34.2 Å². The molecule has 5 nitrogen and oxygen atoms in total. The average molecular weight is 539 g/mol. The summed E-state index contributed by atoms with van der Waals surface area (Å²) in [6, 6.07) is 12.4. The fourth-order valence-electron chi connectivity index (χ4n) is 5.46. The van der Waals surface area contributed by atoms with E-state index >= 15 is 0 Å². The van der Waals surface area contributed by atoms with Gasteiger partial charge in [-0.05, 0) is 93.6 Å². The van der Waals surface area contributed by atoms with Crippen molar-refractivity contribution in [1.29, 1.82) is 0 Å². The zero-order valence-electron chi connectivity index (χ0n) is 20.2. The Kier molecular flexibility index (Phi) is 9.23. The topological polar surface area (TPSA) is 55.8 Å². The number of carbonyl (C=O) groups is 1. The van der Waals surface area contributed by atoms with Gasteiger partial charge in [0.15, 0.2) is 0 Å². The van der Waals surface area contributed by atoms with Crippen LogP contribution < -0.4 is 5.32 Å². The molecular formula is C27H34Cl3N3O2. The maximum atomic E-state index is 10.9. The van der Waals surface area contributed by atoms with E-state index in [1.807, 2.05) is 18.2 Å². The largest absolute Gasteiger partial charge is 0.481 e. The first-order chi connectivity index (χ1) is 16.8. The third kappa shape index (κ3) is 7.05. The number of hydrogen-bond acceptors (Lipinski definition) is 4. The van der Waals surface area contributed by atoms with Crippen LogP contribution >= 0.6 is 34.8 Å². The summed E-state index contributed by atoms with van der Waals surface area (Å²) in [5.74, 6) is -0.208. The number of likely N-dealkylation sites (tertiary alicyclic amines) is 2. The minimum Gasteiger partial charge on any atom is -0.481 e. The van der Waals surface area contributed by atoms with Crippen molar-refractivity contribution in [3.8, 4) is 0 Å². The second kappa shape index (κ2) is 12.2. The molecule has 2 saturated heterocycles. The normalized spacial score (nSPS) is 21.1. The van der Waals surface area contributed by atoms with E-state index in [9.17, 15) is 4.79 Å². The lowest BCUT2D eigenvalue weighted by molar-refractivity contribution is -0.137. The lowest BCUT2D eigenvalue weighted by Crippen LogP contribution is -2.50. The number of hydrogen-bond donors (Lipinski definition) is 2. The van der Waals surface area contributed by atoms with E-state index in [0.717, 1.165) is 56.7 Å². The fraction of sp³-hybridized carbons (Fsp3) is 0.519. The van der Waals surface area contributed by atoms with Crippen molar-refractivity contribution in [2.75, 3.05) is 38.0 Å². The average Bonchev–Trinajstić information content (AvgIpc) is 2.84. The highest BCUT2D eigenvalue weighted by Crippen LogP contribution is 2.36. The second-order valence-corrected chi connectivity index (χ2v) is 11.1. The minimum atomic E-state index is -0.713. The Balaban J connectivity index is 1.35. The zero-order chi connectivity index (χ0) is 24.9. The maximum Gasteiger partial charge on any atom is 0.304 e. The van der Waals surface area contributed by atoms with Crippen LogP contribution in [0.25, 0.3) is 0 Å². The number of nitrogens with one attached hydrogen (secondary N) is 1. The summed E-state index contributed by atoms with van der Waals surface area (Å²) < 4.78 is 0. The quantitative estimate of drug-likeness (QED) is 0.381. The van der Waals surface area contributed by atoms with E-state index < -0.39 is 5.97 Å². The lowest BCUT2D eigenvalue weighted by Gasteiger charge is -2.42. The van der Waals surface area contributed by atoms with Crippen LogP contribution in [-0.4, -0.2) is 59.6 Å². The van der Waals surface area contributed by atoms with Crippen LogP contribution in [0.15, 0.2) is 36.4 Å². The van der Waals surface area contributed by atoms with Gasteiger partial charge in [0.2, 0.25) is 0 Å². The molecule has 2 N–H and O–H groups in total. The molecule has 2 aromatic carbocycles. The molecule has 2 heterocycles. The van der Waals surface area contributed by atoms with Crippen LogP contribution in [0.3, 0.4) is 0 Å². The molecule has 0 radical (unpaired) electrons. The Morgan fingerprint density at radius 2 is 1.83 bits per heavy atom. The first kappa shape index (κ1) is 26.6. The Morgan fingerprint density at radius 1 is 1.06 bits per heavy atom. The number of anilines is 1. The summed E-state index contributed by atoms with van der Waals surface area (Å²) >= 11 is 19.0. The number of halogens is 3. The van der Waals surface area contributed by atoms with Gasteiger partial charge in [0, 0.05) is 29.2 Å². The lowest BCUT2D eigenvalue weighted by atomic mass is 9.88. The predicted octanol–water partition coefficient (Wildman–Crippen LogP) is 6.94. The van der Waals surface area contributed by atoms with Gasteiger partial charge in [-0.1, -0.05) is 46.9 Å². The van der Waals surface area contributed by atoms with E-state index in [-0.39, 0.29) is 12.5 Å². The Bertz CT molecular complexity index is 1030. The van der Waals surface area contributed by atoms with Gasteiger partial charge in [-0.2, -0.15) is 0 Å². The number of benzene rings is 2. The van der Waals surface area contributed by atoms with Crippen molar-refractivity contribution >= 4 is 46.5 Å². The Morgan fingerprint density at radius 3 is 2.54 bits per heavy atom. The third-order valence-electron chi connectivity index (χ3n) is 7.43. The number of aliphatic carboxylic acids is 1. The van der Waals surface area contributed by atoms with Gasteiger partial charge in [-0.15, -0.1) is 0 Å². The van der Waals surface area contributed by atoms with Crippen LogP contribution in [-0.2, 0) is 4.79 Å². The Labute approximate surface area is 223 Å². The summed E-state index contributed by atoms with van der Waals surface area (Å²) in [6.45, 7) is 6.87. The number of rotatable bonds is 8. The van der Waals surface area contributed by atoms with E-state index in [0.29, 0.717) is 33.6 Å². The maximum absolute atomic E-state index is 10.9. The third-order valence-corrected chi connectivity index (χ3v) is 8.32. The van der Waals surface area contributed by atoms with Gasteiger partial charge in [-0.3, -0.25) is 9.69 Å². The first-order valence-electron chi connectivity index (χ1n) is 12.5. The first-order valence-corrected chi connectivity index (χ1v) is 13.6. The van der Waals surface area contributed by atoms with Gasteiger partial charge >= 0.3 is 5.97 Å². The number of nitrogens with zero attached hydrogens (tertiary/aromatic N) is 2. The van der Waals surface area contributed by atoms with Gasteiger partial charge in [-0.25, -0.2) is 0 Å². The SMILES string of the molecule is C[C@@H](Nc1cc(C2CCN([C@H]3CCCN(CCC(=O)O)C3)CC2)ccc1Cl)c1ccc(Cl)cc1Cl. The highest BCUT2D eigenvalue weighted by molar-refractivity contribution is 6.35. The molecule has 4 rings (SSSR count). The van der Waals surface area contributed by atoms with Gasteiger partial charge < -0.3 is 15.3 Å². The summed E-state index contributed by atoms with van der Waals surface area (Å²) in [6.07, 6.45) is 4.81. The zero-order valence-corrected chi connectivity index (χ0v) is 22.4. The molecule has 0 aliphatic carbocycles. The van der Waals surface area contributed by atoms with Crippen molar-refractivity contribution in [2.45, 2.75) is 57.0 Å². The molecule has 2 fully saturated rings. The Hall–Kier alpha value is -1.50. The molecule has 35 heavy (non-hydrogen) atoms. The second-order valence-electron chi connectivity index (χ2n) is 9.82. The molecule has 2 aliphatic rings. The highest BCUT2D eigenvalue weighted by atomic mass is 35.5. The van der Waals surface area contributed by atoms with E-state index in [1.165, 1.54) is 12.0 Å². The summed E-state index contributed by atoms with van der Waals surface area (Å²) in [4.78, 5) is 15.9. The van der Waals surface area contributed by atoms with Crippen molar-refractivity contribution < 1.29 is 9.90 Å². The predicted molar refractivity (Wildman–Crippen MR) is 145 cm³/mol. The summed E-state index contributed by atoms with van der Waals surface area (Å²) in [5, 5.41) is 14.5. The molecule has 0 amide bonds. The fourth-order valence-corrected chi connectivity index (χ4v) is 6.20. The van der Waals surface area contributed by atoms with Crippen LogP contribution in [0.5, 0.6) is 0 Å². The number of carboxylic acids is 1. The molecule has 0 saturated carbocycles. The minimum absolute atomic E-state index is 0.00950. The molecular weight excluding hydrogens is 505 g/mol. The van der Waals surface area contributed by atoms with Crippen LogP contribution in [0, 0.1) is 0 Å². The van der Waals surface area contributed by atoms with Crippen LogP contribution in [0.1, 0.15) is 62.1 Å². The number of carboxylic acid groups (broad SMARTS) is 1. The molecule has 8 heteroatoms. The molecule has 0 bridgehead atoms. The molecule has 2 aromatic rings. The monoisotopic (exact) mass is 537 g/mol. The standard InChI is InChI=1S/C27H34Cl3N3O2/c1-18(23-6-5-21(28)16-25(23)30)31-26-15-20(4-7-24(26)29)19-8-13-33(14-9-19)22-3-2-11-32(17-22)12-10-27(34)35/h4-7,15-16,18-19,22,31H,2-3,8-14,17H2,1H3,(H,34,35)/t18-,22+/m1/s1. The summed E-state index contributed by atoms with van der Waals surface area (Å²) in [7, 11) is 0. The van der Waals surface area contributed by atoms with Crippen molar-refractivity contribution in [1.82, 2.24) is 9.80 Å². The van der Waals surface area contributed by atoms with Gasteiger partial charge in [0.1, 0.15) is 0 Å². The van der Waals surface area contributed by atoms with Crippen molar-refractivity contribution in [3.63, 3.8) is 0 Å². The van der Waals surface area contributed by atoms with Crippen LogP contribution in [0.2, 0.25) is 15.1 Å². The summed E-state index contributed by atoms with van der Waals surface area (Å²) in [5.41, 5.74) is 3.22. The smallest absolute Gasteiger partial charge is 0.304 e. The molecule has 0 unspecified atom stereocenters. The molecule has 190 valence electrons. The molecule has 0 aromatic heterocycles. The molecule has 2 aliphatic heterocycles. The van der Waals surface area contributed by atoms with Gasteiger partial charge in [0.25, 0.3) is 0 Å². The molecule has 2 atom stereocenters. The highest BCUT2D eigenvalue weighted by Gasteiger charge is 2.29. The van der Waals surface area contributed by atoms with Crippen LogP contribution in [0.4, 0.5) is 5.69 Å². The number of piperidine rings is 2. The van der Waals surface area contributed by atoms with Crippen molar-refractivity contribution in [2.24, 2.45) is 0 Å². The van der Waals surface area contributed by atoms with Crippen molar-refractivity contribution in [3.05, 3.63) is 62.6 Å². The van der Waals surface area contributed by atoms with E-state index in [4.69, 9.17) is 39.9 Å². The van der Waals surface area contributed by atoms with Gasteiger partial charge in [0.05, 0.1) is 23.2 Å². The molecule has 0 spiro atoms. The van der Waals surface area contributed by atoms with E-state index in [1.54, 1.807) is 6.07 Å².